The number of hydrogen-bond donors (Lipinski definition) is 0. The molecule has 2 aromatic heterocycles. The van der Waals surface area contributed by atoms with Gasteiger partial charge in [0.05, 0.1) is 0 Å². The lowest BCUT2D eigenvalue weighted by molar-refractivity contribution is 0.387. The van der Waals surface area contributed by atoms with E-state index in [-0.39, 0.29) is 5.69 Å². The smallest absolute Gasteiger partial charge is 0.234 e. The Kier molecular flexibility index (Phi) is 4.29. The number of likely N-dealkylation sites (N-methyl/N-ethyl adjacent to an activating group) is 1. The summed E-state index contributed by atoms with van der Waals surface area (Å²) in [7, 11) is 1.84. The molecular weight excluding hydrogens is 306 g/mol. The number of benzene rings is 1. The highest BCUT2D eigenvalue weighted by molar-refractivity contribution is 5.59. The lowest BCUT2D eigenvalue weighted by Crippen LogP contribution is -2.21. The number of nitriles is 1. The van der Waals surface area contributed by atoms with Gasteiger partial charge in [-0.1, -0.05) is 22.9 Å². The first-order valence-electron chi connectivity index (χ1n) is 7.55. The highest BCUT2D eigenvalue weighted by Crippen LogP contribution is 2.27. The van der Waals surface area contributed by atoms with Crippen molar-refractivity contribution in [1.29, 1.82) is 5.26 Å². The van der Waals surface area contributed by atoms with Gasteiger partial charge in [-0.3, -0.25) is 0 Å². The van der Waals surface area contributed by atoms with E-state index in [1.165, 1.54) is 0 Å². The minimum Gasteiger partial charge on any atom is -0.419 e. The van der Waals surface area contributed by atoms with Crippen molar-refractivity contribution in [3.8, 4) is 17.5 Å². The largest absolute Gasteiger partial charge is 0.419 e. The molecule has 0 aliphatic heterocycles. The maximum absolute atomic E-state index is 9.32. The lowest BCUT2D eigenvalue weighted by atomic mass is 10.1. The molecule has 0 spiro atoms. The number of rotatable bonds is 5. The minimum atomic E-state index is 0.261. The summed E-state index contributed by atoms with van der Waals surface area (Å²) in [6, 6.07) is 9.89. The normalized spacial score (nSPS) is 10.6. The second kappa shape index (κ2) is 6.54. The molecule has 0 fully saturated rings. The van der Waals surface area contributed by atoms with Crippen molar-refractivity contribution >= 4 is 5.88 Å². The first-order chi connectivity index (χ1) is 11.6. The number of hydrogen-bond acceptors (Lipinski definition) is 7. The summed E-state index contributed by atoms with van der Waals surface area (Å²) in [5.74, 6) is 2.03. The van der Waals surface area contributed by atoms with Crippen LogP contribution in [-0.2, 0) is 6.42 Å². The molecule has 24 heavy (non-hydrogen) atoms. The monoisotopic (exact) mass is 323 g/mol. The zero-order valence-corrected chi connectivity index (χ0v) is 13.8. The summed E-state index contributed by atoms with van der Waals surface area (Å²) in [6.45, 7) is 4.34. The van der Waals surface area contributed by atoms with Crippen molar-refractivity contribution in [2.45, 2.75) is 20.3 Å². The molecule has 7 heteroatoms. The average Bonchev–Trinajstić information content (AvgIpc) is 3.19. The third-order valence-corrected chi connectivity index (χ3v) is 3.60. The molecule has 0 saturated carbocycles. The van der Waals surface area contributed by atoms with Crippen molar-refractivity contribution in [3.63, 3.8) is 0 Å². The first-order valence-corrected chi connectivity index (χ1v) is 7.55. The van der Waals surface area contributed by atoms with Crippen molar-refractivity contribution in [1.82, 2.24) is 15.1 Å². The molecule has 0 aliphatic carbocycles. The average molecular weight is 323 g/mol. The predicted octanol–water partition coefficient (Wildman–Crippen LogP) is 2.89. The van der Waals surface area contributed by atoms with Gasteiger partial charge in [-0.15, -0.1) is 0 Å². The van der Waals surface area contributed by atoms with Gasteiger partial charge in [0, 0.05) is 32.5 Å². The van der Waals surface area contributed by atoms with Crippen LogP contribution < -0.4 is 4.90 Å². The van der Waals surface area contributed by atoms with Crippen LogP contribution in [0, 0.1) is 25.2 Å². The zero-order chi connectivity index (χ0) is 17.1. The summed E-state index contributed by atoms with van der Waals surface area (Å²) in [5.41, 5.74) is 2.25. The maximum atomic E-state index is 9.32. The number of anilines is 1. The van der Waals surface area contributed by atoms with E-state index in [9.17, 15) is 5.26 Å². The van der Waals surface area contributed by atoms with Crippen LogP contribution in [-0.4, -0.2) is 28.7 Å². The molecule has 3 aromatic rings. The standard InChI is InChI=1S/C17H17N5O2/c1-11-4-6-13(7-5-11)16-20-14(10-18)17(23-16)22(3)9-8-15-19-12(2)24-21-15/h4-7H,8-9H2,1-3H3. The number of nitrogens with zero attached hydrogens (tertiary/aromatic N) is 5. The minimum absolute atomic E-state index is 0.261. The van der Waals surface area contributed by atoms with Gasteiger partial charge in [0.2, 0.25) is 23.4 Å². The Morgan fingerprint density at radius 1 is 1.17 bits per heavy atom. The number of aromatic nitrogens is 3. The molecule has 1 aromatic carbocycles. The molecule has 0 bridgehead atoms. The van der Waals surface area contributed by atoms with Crippen LogP contribution in [0.4, 0.5) is 5.88 Å². The van der Waals surface area contributed by atoms with Crippen molar-refractivity contribution in [2.75, 3.05) is 18.5 Å². The van der Waals surface area contributed by atoms with Gasteiger partial charge in [-0.25, -0.2) is 0 Å². The fourth-order valence-corrected chi connectivity index (χ4v) is 2.28. The summed E-state index contributed by atoms with van der Waals surface area (Å²) in [4.78, 5) is 10.3. The molecular formula is C17H17N5O2. The van der Waals surface area contributed by atoms with Gasteiger partial charge in [0.25, 0.3) is 0 Å². The quantitative estimate of drug-likeness (QED) is 0.712. The summed E-state index contributed by atoms with van der Waals surface area (Å²) >= 11 is 0. The Morgan fingerprint density at radius 2 is 1.92 bits per heavy atom. The summed E-state index contributed by atoms with van der Waals surface area (Å²) in [5, 5.41) is 13.2. The fraction of sp³-hybridized carbons (Fsp3) is 0.294. The van der Waals surface area contributed by atoms with Crippen LogP contribution in [0.25, 0.3) is 11.5 Å². The zero-order valence-electron chi connectivity index (χ0n) is 13.8. The Hall–Kier alpha value is -3.14. The predicted molar refractivity (Wildman–Crippen MR) is 87.4 cm³/mol. The maximum Gasteiger partial charge on any atom is 0.234 e. The van der Waals surface area contributed by atoms with E-state index in [4.69, 9.17) is 8.94 Å². The highest BCUT2D eigenvalue weighted by atomic mass is 16.5. The van der Waals surface area contributed by atoms with Crippen LogP contribution in [0.15, 0.2) is 33.2 Å². The second-order valence-electron chi connectivity index (χ2n) is 5.55. The van der Waals surface area contributed by atoms with E-state index in [0.717, 1.165) is 11.1 Å². The molecule has 2 heterocycles. The van der Waals surface area contributed by atoms with E-state index in [1.54, 1.807) is 6.92 Å². The topological polar surface area (TPSA) is 92.0 Å². The van der Waals surface area contributed by atoms with E-state index in [0.29, 0.717) is 36.5 Å². The molecule has 0 amide bonds. The SMILES string of the molecule is Cc1ccc(-c2nc(C#N)c(N(C)CCc3noc(C)n3)o2)cc1. The molecule has 0 N–H and O–H groups in total. The second-order valence-corrected chi connectivity index (χ2v) is 5.55. The molecule has 0 saturated heterocycles. The van der Waals surface area contributed by atoms with Crippen LogP contribution >= 0.6 is 0 Å². The van der Waals surface area contributed by atoms with Gasteiger partial charge in [0.1, 0.15) is 6.07 Å². The molecule has 7 nitrogen and oxygen atoms in total. The number of aryl methyl sites for hydroxylation is 2. The van der Waals surface area contributed by atoms with Gasteiger partial charge in [-0.05, 0) is 19.1 Å². The van der Waals surface area contributed by atoms with E-state index < -0.39 is 0 Å². The highest BCUT2D eigenvalue weighted by Gasteiger charge is 2.18. The Labute approximate surface area is 139 Å². The summed E-state index contributed by atoms with van der Waals surface area (Å²) < 4.78 is 10.8. The third-order valence-electron chi connectivity index (χ3n) is 3.60. The van der Waals surface area contributed by atoms with Crippen LogP contribution in [0.3, 0.4) is 0 Å². The molecule has 3 rings (SSSR count). The number of oxazole rings is 1. The van der Waals surface area contributed by atoms with Gasteiger partial charge in [-0.2, -0.15) is 15.2 Å². The van der Waals surface area contributed by atoms with Crippen molar-refractivity contribution in [2.24, 2.45) is 0 Å². The van der Waals surface area contributed by atoms with Crippen molar-refractivity contribution in [3.05, 3.63) is 47.2 Å². The molecule has 122 valence electrons. The molecule has 0 unspecified atom stereocenters. The van der Waals surface area contributed by atoms with E-state index >= 15 is 0 Å². The fourth-order valence-electron chi connectivity index (χ4n) is 2.28. The van der Waals surface area contributed by atoms with E-state index in [2.05, 4.69) is 21.2 Å². The van der Waals surface area contributed by atoms with Gasteiger partial charge < -0.3 is 13.8 Å². The Morgan fingerprint density at radius 3 is 2.54 bits per heavy atom. The van der Waals surface area contributed by atoms with Crippen molar-refractivity contribution < 1.29 is 8.94 Å². The Bertz CT molecular complexity index is 873. The Balaban J connectivity index is 1.79. The summed E-state index contributed by atoms with van der Waals surface area (Å²) in [6.07, 6.45) is 0.583. The lowest BCUT2D eigenvalue weighted by Gasteiger charge is -2.14. The van der Waals surface area contributed by atoms with E-state index in [1.807, 2.05) is 43.1 Å². The first kappa shape index (κ1) is 15.7. The third kappa shape index (κ3) is 3.27. The molecule has 0 radical (unpaired) electrons. The van der Waals surface area contributed by atoms with Crippen LogP contribution in [0.5, 0.6) is 0 Å². The van der Waals surface area contributed by atoms with Crippen LogP contribution in [0.2, 0.25) is 0 Å². The molecule has 0 aliphatic rings. The van der Waals surface area contributed by atoms with Gasteiger partial charge >= 0.3 is 0 Å². The molecule has 0 atom stereocenters. The van der Waals surface area contributed by atoms with Gasteiger partial charge in [0.15, 0.2) is 5.82 Å². The van der Waals surface area contributed by atoms with Crippen LogP contribution in [0.1, 0.15) is 23.0 Å².